The average molecular weight is 246 g/mol. The van der Waals surface area contributed by atoms with Crippen LogP contribution in [0.15, 0.2) is 18.2 Å². The lowest BCUT2D eigenvalue weighted by molar-refractivity contribution is -0.121. The van der Waals surface area contributed by atoms with Gasteiger partial charge in [-0.15, -0.1) is 0 Å². The van der Waals surface area contributed by atoms with Crippen LogP contribution in [0.2, 0.25) is 0 Å². The number of hydrogen-bond acceptors (Lipinski definition) is 2. The summed E-state index contributed by atoms with van der Waals surface area (Å²) < 4.78 is 5.44. The third kappa shape index (κ3) is 2.74. The molecule has 18 heavy (non-hydrogen) atoms. The molecule has 0 bridgehead atoms. The Kier molecular flexibility index (Phi) is 4.05. The summed E-state index contributed by atoms with van der Waals surface area (Å²) in [6.45, 7) is 4.08. The van der Waals surface area contributed by atoms with Gasteiger partial charge in [0.2, 0.25) is 0 Å². The quantitative estimate of drug-likeness (QED) is 0.764. The number of Topliss-reactive ketones (excluding diaryl/α,β-unsaturated/α-hetero) is 1. The Hall–Kier alpha value is -1.31. The number of carbonyl (C=O) groups excluding carboxylic acids is 1. The van der Waals surface area contributed by atoms with E-state index in [1.54, 1.807) is 7.11 Å². The van der Waals surface area contributed by atoms with Gasteiger partial charge < -0.3 is 4.74 Å². The molecule has 0 spiro atoms. The normalized spacial score (nSPS) is 16.4. The van der Waals surface area contributed by atoms with Crippen LogP contribution in [-0.2, 0) is 11.2 Å². The zero-order chi connectivity index (χ0) is 13.1. The predicted octanol–water partition coefficient (Wildman–Crippen LogP) is 3.73. The highest BCUT2D eigenvalue weighted by molar-refractivity contribution is 5.83. The number of carbonyl (C=O) groups is 1. The number of ketones is 1. The third-order valence-corrected chi connectivity index (χ3v) is 3.89. The molecule has 0 N–H and O–H groups in total. The number of rotatable bonds is 6. The molecule has 1 aliphatic rings. The van der Waals surface area contributed by atoms with Gasteiger partial charge in [-0.05, 0) is 36.8 Å². The molecule has 1 saturated carbocycles. The smallest absolute Gasteiger partial charge is 0.140 e. The summed E-state index contributed by atoms with van der Waals surface area (Å²) in [5.41, 5.74) is 2.44. The van der Waals surface area contributed by atoms with Gasteiger partial charge in [0.1, 0.15) is 11.5 Å². The monoisotopic (exact) mass is 246 g/mol. The third-order valence-electron chi connectivity index (χ3n) is 3.89. The van der Waals surface area contributed by atoms with Crippen molar-refractivity contribution in [1.82, 2.24) is 0 Å². The van der Waals surface area contributed by atoms with E-state index < -0.39 is 0 Å². The van der Waals surface area contributed by atoms with Crippen molar-refractivity contribution in [3.8, 4) is 5.75 Å². The van der Waals surface area contributed by atoms with Crippen LogP contribution in [-0.4, -0.2) is 12.9 Å². The first kappa shape index (κ1) is 13.1. The van der Waals surface area contributed by atoms with Crippen LogP contribution in [0.4, 0.5) is 0 Å². The lowest BCUT2D eigenvalue weighted by Gasteiger charge is -2.14. The minimum atomic E-state index is 0.156. The molecule has 0 radical (unpaired) electrons. The number of ether oxygens (including phenoxy) is 1. The summed E-state index contributed by atoms with van der Waals surface area (Å²) in [4.78, 5) is 12.1. The van der Waals surface area contributed by atoms with Gasteiger partial charge in [0.15, 0.2) is 0 Å². The van der Waals surface area contributed by atoms with E-state index >= 15 is 0 Å². The maximum atomic E-state index is 12.1. The molecule has 0 saturated heterocycles. The fourth-order valence-corrected chi connectivity index (χ4v) is 2.35. The molecular formula is C16H22O2. The molecule has 0 amide bonds. The SMILES string of the molecule is CCC(C)C(=O)Cc1cccc(OC)c1C1CC1. The fraction of sp³-hybridized carbons (Fsp3) is 0.562. The van der Waals surface area contributed by atoms with Gasteiger partial charge in [-0.1, -0.05) is 26.0 Å². The van der Waals surface area contributed by atoms with Crippen LogP contribution < -0.4 is 4.74 Å². The summed E-state index contributed by atoms with van der Waals surface area (Å²) in [7, 11) is 1.71. The summed E-state index contributed by atoms with van der Waals surface area (Å²) >= 11 is 0. The highest BCUT2D eigenvalue weighted by Gasteiger charge is 2.29. The Morgan fingerprint density at radius 3 is 2.72 bits per heavy atom. The Morgan fingerprint density at radius 1 is 1.44 bits per heavy atom. The standard InChI is InChI=1S/C16H22O2/c1-4-11(2)14(17)10-13-6-5-7-15(18-3)16(13)12-8-9-12/h5-7,11-12H,4,8-10H2,1-3H3. The van der Waals surface area contributed by atoms with Crippen LogP contribution in [0.5, 0.6) is 5.75 Å². The molecule has 1 fully saturated rings. The predicted molar refractivity (Wildman–Crippen MR) is 73.1 cm³/mol. The van der Waals surface area contributed by atoms with E-state index in [2.05, 4.69) is 13.0 Å². The Morgan fingerprint density at radius 2 is 2.17 bits per heavy atom. The number of methoxy groups -OCH3 is 1. The molecule has 0 aliphatic heterocycles. The first-order valence-electron chi connectivity index (χ1n) is 6.85. The van der Waals surface area contributed by atoms with Gasteiger partial charge in [0.05, 0.1) is 7.11 Å². The van der Waals surface area contributed by atoms with Crippen LogP contribution >= 0.6 is 0 Å². The van der Waals surface area contributed by atoms with Crippen molar-refractivity contribution >= 4 is 5.78 Å². The number of benzene rings is 1. The summed E-state index contributed by atoms with van der Waals surface area (Å²) in [5, 5.41) is 0. The van der Waals surface area contributed by atoms with Crippen molar-refractivity contribution in [3.63, 3.8) is 0 Å². The second-order valence-corrected chi connectivity index (χ2v) is 5.26. The van der Waals surface area contributed by atoms with Gasteiger partial charge in [-0.25, -0.2) is 0 Å². The molecule has 1 atom stereocenters. The van der Waals surface area contributed by atoms with Gasteiger partial charge in [0.25, 0.3) is 0 Å². The van der Waals surface area contributed by atoms with E-state index in [1.165, 1.54) is 24.0 Å². The molecule has 0 aromatic heterocycles. The number of hydrogen-bond donors (Lipinski definition) is 0. The average Bonchev–Trinajstić information content (AvgIpc) is 3.21. The van der Waals surface area contributed by atoms with Crippen LogP contribution in [0, 0.1) is 5.92 Å². The van der Waals surface area contributed by atoms with Gasteiger partial charge in [-0.2, -0.15) is 0 Å². The van der Waals surface area contributed by atoms with Crippen molar-refractivity contribution in [2.45, 2.75) is 45.4 Å². The molecule has 1 aliphatic carbocycles. The van der Waals surface area contributed by atoms with Gasteiger partial charge in [0, 0.05) is 17.9 Å². The minimum absolute atomic E-state index is 0.156. The van der Waals surface area contributed by atoms with Crippen molar-refractivity contribution < 1.29 is 9.53 Å². The second kappa shape index (κ2) is 5.55. The van der Waals surface area contributed by atoms with Crippen molar-refractivity contribution in [3.05, 3.63) is 29.3 Å². The highest BCUT2D eigenvalue weighted by Crippen LogP contribution is 2.46. The molecule has 2 rings (SSSR count). The minimum Gasteiger partial charge on any atom is -0.496 e. The molecule has 1 unspecified atom stereocenters. The summed E-state index contributed by atoms with van der Waals surface area (Å²) in [5.74, 6) is 2.06. The van der Waals surface area contributed by atoms with Crippen LogP contribution in [0.25, 0.3) is 0 Å². The van der Waals surface area contributed by atoms with E-state index in [-0.39, 0.29) is 5.92 Å². The summed E-state index contributed by atoms with van der Waals surface area (Å²) in [6, 6.07) is 6.07. The lowest BCUT2D eigenvalue weighted by Crippen LogP contribution is -2.14. The van der Waals surface area contributed by atoms with Crippen LogP contribution in [0.3, 0.4) is 0 Å². The van der Waals surface area contributed by atoms with E-state index in [4.69, 9.17) is 4.74 Å². The molecule has 0 heterocycles. The largest absolute Gasteiger partial charge is 0.496 e. The molecule has 2 heteroatoms. The van der Waals surface area contributed by atoms with E-state index in [1.807, 2.05) is 19.1 Å². The van der Waals surface area contributed by atoms with E-state index in [9.17, 15) is 4.79 Å². The Bertz CT molecular complexity index is 433. The lowest BCUT2D eigenvalue weighted by atomic mass is 9.93. The zero-order valence-electron chi connectivity index (χ0n) is 11.5. The maximum absolute atomic E-state index is 12.1. The fourth-order valence-electron chi connectivity index (χ4n) is 2.35. The maximum Gasteiger partial charge on any atom is 0.140 e. The molecule has 1 aromatic rings. The van der Waals surface area contributed by atoms with Crippen molar-refractivity contribution in [2.24, 2.45) is 5.92 Å². The van der Waals surface area contributed by atoms with Gasteiger partial charge in [-0.3, -0.25) is 4.79 Å². The van der Waals surface area contributed by atoms with E-state index in [0.717, 1.165) is 12.2 Å². The first-order valence-corrected chi connectivity index (χ1v) is 6.85. The molecule has 98 valence electrons. The zero-order valence-corrected chi connectivity index (χ0v) is 11.5. The van der Waals surface area contributed by atoms with Crippen molar-refractivity contribution in [1.29, 1.82) is 0 Å². The molecule has 1 aromatic carbocycles. The Balaban J connectivity index is 2.24. The van der Waals surface area contributed by atoms with Crippen molar-refractivity contribution in [2.75, 3.05) is 7.11 Å². The molecular weight excluding hydrogens is 224 g/mol. The van der Waals surface area contributed by atoms with Crippen LogP contribution in [0.1, 0.15) is 50.2 Å². The van der Waals surface area contributed by atoms with E-state index in [0.29, 0.717) is 18.1 Å². The van der Waals surface area contributed by atoms with Gasteiger partial charge >= 0.3 is 0 Å². The first-order chi connectivity index (χ1) is 8.67. The summed E-state index contributed by atoms with van der Waals surface area (Å²) in [6.07, 6.45) is 3.93. The highest BCUT2D eigenvalue weighted by atomic mass is 16.5. The Labute approximate surface area is 109 Å². The molecule has 2 nitrogen and oxygen atoms in total. The second-order valence-electron chi connectivity index (χ2n) is 5.26. The topological polar surface area (TPSA) is 26.3 Å².